The number of nitrogens with zero attached hydrogens (tertiary/aromatic N) is 3. The van der Waals surface area contributed by atoms with Gasteiger partial charge < -0.3 is 9.88 Å². The molecule has 6 heteroatoms. The smallest absolute Gasteiger partial charge is 0.251 e. The van der Waals surface area contributed by atoms with Crippen LogP contribution >= 0.6 is 11.6 Å². The molecule has 128 valence electrons. The first-order valence-electron chi connectivity index (χ1n) is 8.49. The van der Waals surface area contributed by atoms with Crippen molar-refractivity contribution in [1.82, 2.24) is 20.1 Å². The van der Waals surface area contributed by atoms with Crippen molar-refractivity contribution < 1.29 is 4.79 Å². The lowest BCUT2D eigenvalue weighted by atomic mass is 10.0. The highest BCUT2D eigenvalue weighted by Crippen LogP contribution is 2.25. The molecule has 2 aromatic rings. The number of rotatable bonds is 4. The molecule has 0 aliphatic carbocycles. The highest BCUT2D eigenvalue weighted by molar-refractivity contribution is 6.31. The lowest BCUT2D eigenvalue weighted by Crippen LogP contribution is -2.29. The number of halogens is 1. The molecular weight excluding hydrogens is 324 g/mol. The van der Waals surface area contributed by atoms with Crippen molar-refractivity contribution in [3.63, 3.8) is 0 Å². The zero-order chi connectivity index (χ0) is 17.3. The molecule has 0 radical (unpaired) electrons. The van der Waals surface area contributed by atoms with E-state index in [2.05, 4.69) is 33.9 Å². The van der Waals surface area contributed by atoms with E-state index in [0.29, 0.717) is 16.5 Å². The zero-order valence-electron chi connectivity index (χ0n) is 14.3. The summed E-state index contributed by atoms with van der Waals surface area (Å²) >= 11 is 6.29. The van der Waals surface area contributed by atoms with Crippen molar-refractivity contribution >= 4 is 17.5 Å². The summed E-state index contributed by atoms with van der Waals surface area (Å²) < 4.78 is 2.13. The molecule has 0 spiro atoms. The summed E-state index contributed by atoms with van der Waals surface area (Å²) in [6.45, 7) is 7.02. The SMILES string of the molecule is CC(C)c1ccc(C(=O)N[C@@H](C)c2nnc3n2CCCC3)cc1Cl. The fourth-order valence-electron chi connectivity index (χ4n) is 3.13. The van der Waals surface area contributed by atoms with Crippen LogP contribution in [0.5, 0.6) is 0 Å². The van der Waals surface area contributed by atoms with Gasteiger partial charge in [-0.15, -0.1) is 10.2 Å². The molecule has 3 rings (SSSR count). The van der Waals surface area contributed by atoms with Gasteiger partial charge in [0.15, 0.2) is 5.82 Å². The van der Waals surface area contributed by atoms with Crippen LogP contribution in [0.15, 0.2) is 18.2 Å². The molecule has 24 heavy (non-hydrogen) atoms. The first-order chi connectivity index (χ1) is 11.5. The molecule has 0 saturated carbocycles. The van der Waals surface area contributed by atoms with Crippen LogP contribution in [0.2, 0.25) is 5.02 Å². The molecule has 5 nitrogen and oxygen atoms in total. The number of aromatic nitrogens is 3. The lowest BCUT2D eigenvalue weighted by Gasteiger charge is -2.19. The third kappa shape index (κ3) is 3.31. The zero-order valence-corrected chi connectivity index (χ0v) is 15.1. The molecule has 1 aromatic carbocycles. The summed E-state index contributed by atoms with van der Waals surface area (Å²) in [6.07, 6.45) is 3.24. The molecule has 1 amide bonds. The van der Waals surface area contributed by atoms with Crippen LogP contribution in [-0.4, -0.2) is 20.7 Å². The van der Waals surface area contributed by atoms with E-state index in [9.17, 15) is 4.79 Å². The Hall–Kier alpha value is -1.88. The standard InChI is InChI=1S/C18H23ClN4O/c1-11(2)14-8-7-13(10-15(14)19)18(24)20-12(3)17-22-21-16-6-4-5-9-23(16)17/h7-8,10-12H,4-6,9H2,1-3H3,(H,20,24)/t12-/m0/s1. The molecule has 0 fully saturated rings. The van der Waals surface area contributed by atoms with Crippen LogP contribution in [0.1, 0.15) is 73.1 Å². The lowest BCUT2D eigenvalue weighted by molar-refractivity contribution is 0.0937. The number of hydrogen-bond acceptors (Lipinski definition) is 3. The number of benzene rings is 1. The first-order valence-corrected chi connectivity index (χ1v) is 8.87. The van der Waals surface area contributed by atoms with E-state index in [0.717, 1.165) is 43.0 Å². The predicted molar refractivity (Wildman–Crippen MR) is 94.4 cm³/mol. The fourth-order valence-corrected chi connectivity index (χ4v) is 3.53. The largest absolute Gasteiger partial charge is 0.342 e. The summed E-state index contributed by atoms with van der Waals surface area (Å²) in [5.41, 5.74) is 1.61. The predicted octanol–water partition coefficient (Wildman–Crippen LogP) is 3.88. The number of amides is 1. The molecule has 1 aliphatic heterocycles. The van der Waals surface area contributed by atoms with E-state index in [1.54, 1.807) is 6.07 Å². The van der Waals surface area contributed by atoms with Crippen LogP contribution in [0.3, 0.4) is 0 Å². The third-order valence-corrected chi connectivity index (χ3v) is 4.83. The van der Waals surface area contributed by atoms with Crippen molar-refractivity contribution in [1.29, 1.82) is 0 Å². The van der Waals surface area contributed by atoms with Crippen molar-refractivity contribution in [3.8, 4) is 0 Å². The number of carbonyl (C=O) groups excluding carboxylic acids is 1. The van der Waals surface area contributed by atoms with E-state index in [4.69, 9.17) is 11.6 Å². The van der Waals surface area contributed by atoms with Crippen LogP contribution in [-0.2, 0) is 13.0 Å². The maximum atomic E-state index is 12.5. The fraction of sp³-hybridized carbons (Fsp3) is 0.500. The van der Waals surface area contributed by atoms with E-state index in [1.807, 2.05) is 19.1 Å². The van der Waals surface area contributed by atoms with Crippen molar-refractivity contribution in [3.05, 3.63) is 46.0 Å². The molecule has 0 saturated heterocycles. The molecule has 1 N–H and O–H groups in total. The normalized spacial score (nSPS) is 15.2. The summed E-state index contributed by atoms with van der Waals surface area (Å²) in [5.74, 6) is 2.02. The number of hydrogen-bond donors (Lipinski definition) is 1. The summed E-state index contributed by atoms with van der Waals surface area (Å²) in [5, 5.41) is 12.1. The van der Waals surface area contributed by atoms with Crippen molar-refractivity contribution in [2.75, 3.05) is 0 Å². The van der Waals surface area contributed by atoms with Crippen molar-refractivity contribution in [2.45, 2.75) is 58.5 Å². The Kier molecular flexibility index (Phi) is 4.90. The second-order valence-corrected chi connectivity index (χ2v) is 7.08. The van der Waals surface area contributed by atoms with Gasteiger partial charge in [0.1, 0.15) is 5.82 Å². The average Bonchev–Trinajstić information content (AvgIpc) is 2.98. The Morgan fingerprint density at radius 1 is 1.25 bits per heavy atom. The minimum absolute atomic E-state index is 0.145. The van der Waals surface area contributed by atoms with Crippen LogP contribution < -0.4 is 5.32 Å². The quantitative estimate of drug-likeness (QED) is 0.913. The Labute approximate surface area is 147 Å². The summed E-state index contributed by atoms with van der Waals surface area (Å²) in [7, 11) is 0. The molecular formula is C18H23ClN4O. The summed E-state index contributed by atoms with van der Waals surface area (Å²) in [4.78, 5) is 12.5. The van der Waals surface area contributed by atoms with Gasteiger partial charge >= 0.3 is 0 Å². The second-order valence-electron chi connectivity index (χ2n) is 6.67. The topological polar surface area (TPSA) is 59.8 Å². The van der Waals surface area contributed by atoms with Gasteiger partial charge in [-0.2, -0.15) is 0 Å². The van der Waals surface area contributed by atoms with Gasteiger partial charge in [0.25, 0.3) is 5.91 Å². The van der Waals surface area contributed by atoms with Gasteiger partial charge in [-0.05, 0) is 43.4 Å². The third-order valence-electron chi connectivity index (χ3n) is 4.51. The minimum Gasteiger partial charge on any atom is -0.342 e. The Balaban J connectivity index is 1.75. The molecule has 0 unspecified atom stereocenters. The highest BCUT2D eigenvalue weighted by atomic mass is 35.5. The van der Waals surface area contributed by atoms with Crippen LogP contribution in [0.4, 0.5) is 0 Å². The number of nitrogens with one attached hydrogen (secondary N) is 1. The van der Waals surface area contributed by atoms with Crippen LogP contribution in [0, 0.1) is 0 Å². The minimum atomic E-state index is -0.194. The van der Waals surface area contributed by atoms with E-state index in [-0.39, 0.29) is 11.9 Å². The average molecular weight is 347 g/mol. The van der Waals surface area contributed by atoms with Gasteiger partial charge in [0.2, 0.25) is 0 Å². The highest BCUT2D eigenvalue weighted by Gasteiger charge is 2.22. The molecule has 0 bridgehead atoms. The van der Waals surface area contributed by atoms with Gasteiger partial charge in [-0.25, -0.2) is 0 Å². The Morgan fingerprint density at radius 2 is 2.04 bits per heavy atom. The van der Waals surface area contributed by atoms with Crippen molar-refractivity contribution in [2.24, 2.45) is 0 Å². The Bertz CT molecular complexity index is 753. The number of fused-ring (bicyclic) bond motifs is 1. The van der Waals surface area contributed by atoms with E-state index in [1.165, 1.54) is 0 Å². The molecule has 2 heterocycles. The maximum Gasteiger partial charge on any atom is 0.251 e. The first kappa shape index (κ1) is 17.0. The number of carbonyl (C=O) groups is 1. The molecule has 1 aromatic heterocycles. The molecule has 1 aliphatic rings. The molecule has 1 atom stereocenters. The van der Waals surface area contributed by atoms with Gasteiger partial charge in [0, 0.05) is 23.6 Å². The van der Waals surface area contributed by atoms with Crippen LogP contribution in [0.25, 0.3) is 0 Å². The van der Waals surface area contributed by atoms with Gasteiger partial charge in [-0.3, -0.25) is 4.79 Å². The monoisotopic (exact) mass is 346 g/mol. The second kappa shape index (κ2) is 6.93. The maximum absolute atomic E-state index is 12.5. The number of aryl methyl sites for hydroxylation is 1. The van der Waals surface area contributed by atoms with Gasteiger partial charge in [0.05, 0.1) is 6.04 Å². The van der Waals surface area contributed by atoms with E-state index < -0.39 is 0 Å². The Morgan fingerprint density at radius 3 is 2.75 bits per heavy atom. The van der Waals surface area contributed by atoms with Gasteiger partial charge in [-0.1, -0.05) is 31.5 Å². The summed E-state index contributed by atoms with van der Waals surface area (Å²) in [6, 6.07) is 5.28. The van der Waals surface area contributed by atoms with E-state index >= 15 is 0 Å².